The molecule has 1 fully saturated rings. The fourth-order valence-corrected chi connectivity index (χ4v) is 5.51. The minimum absolute atomic E-state index is 0.0537. The monoisotopic (exact) mass is 589 g/mol. The van der Waals surface area contributed by atoms with E-state index in [0.717, 1.165) is 24.4 Å². The Morgan fingerprint density at radius 1 is 1.12 bits per heavy atom. The Bertz CT molecular complexity index is 1600. The van der Waals surface area contributed by atoms with Gasteiger partial charge in [-0.25, -0.2) is 18.3 Å². The minimum atomic E-state index is -4.78. The number of alkyl halides is 3. The molecule has 2 aromatic heterocycles. The van der Waals surface area contributed by atoms with Gasteiger partial charge in [-0.3, -0.25) is 9.69 Å². The quantitative estimate of drug-likeness (QED) is 0.323. The molecule has 1 aliphatic rings. The summed E-state index contributed by atoms with van der Waals surface area (Å²) >= 11 is 0. The van der Waals surface area contributed by atoms with Crippen molar-refractivity contribution in [2.24, 2.45) is 0 Å². The van der Waals surface area contributed by atoms with Crippen LogP contribution < -0.4 is 4.74 Å². The van der Waals surface area contributed by atoms with Crippen LogP contribution in [-0.2, 0) is 6.18 Å². The number of aromatic nitrogens is 3. The van der Waals surface area contributed by atoms with Crippen molar-refractivity contribution in [1.82, 2.24) is 24.4 Å². The number of hydrogen-bond donors (Lipinski definition) is 1. The van der Waals surface area contributed by atoms with Gasteiger partial charge < -0.3 is 14.7 Å². The molecule has 2 aromatic carbocycles. The van der Waals surface area contributed by atoms with Crippen molar-refractivity contribution in [3.05, 3.63) is 82.7 Å². The van der Waals surface area contributed by atoms with E-state index in [2.05, 4.69) is 10.1 Å². The third-order valence-electron chi connectivity index (χ3n) is 7.55. The first-order chi connectivity index (χ1) is 19.9. The summed E-state index contributed by atoms with van der Waals surface area (Å²) in [6.45, 7) is 3.28. The lowest BCUT2D eigenvalue weighted by Crippen LogP contribution is -2.55. The van der Waals surface area contributed by atoms with Gasteiger partial charge in [-0.15, -0.1) is 0 Å². The van der Waals surface area contributed by atoms with E-state index in [9.17, 15) is 31.9 Å². The smallest absolute Gasteiger partial charge is 0.433 e. The molecule has 1 aliphatic heterocycles. The lowest BCUT2D eigenvalue weighted by Gasteiger charge is -2.43. The molecular formula is C29H28F5N5O3. The van der Waals surface area contributed by atoms with Gasteiger partial charge in [-0.1, -0.05) is 0 Å². The second-order valence-corrected chi connectivity index (χ2v) is 10.2. The van der Waals surface area contributed by atoms with E-state index in [1.165, 1.54) is 18.9 Å². The first-order valence-electron chi connectivity index (χ1n) is 13.1. The van der Waals surface area contributed by atoms with E-state index in [4.69, 9.17) is 4.74 Å². The highest BCUT2D eigenvalue weighted by molar-refractivity contribution is 6.00. The van der Waals surface area contributed by atoms with Crippen LogP contribution in [0.1, 0.15) is 40.1 Å². The summed E-state index contributed by atoms with van der Waals surface area (Å²) in [4.78, 5) is 21.5. The predicted molar refractivity (Wildman–Crippen MR) is 143 cm³/mol. The molecule has 0 saturated carbocycles. The molecular weight excluding hydrogens is 561 g/mol. The number of fused-ring (bicyclic) bond motifs is 1. The van der Waals surface area contributed by atoms with Crippen molar-refractivity contribution < 1.29 is 36.6 Å². The highest BCUT2D eigenvalue weighted by Gasteiger charge is 2.40. The average Bonchev–Trinajstić information content (AvgIpc) is 3.35. The normalized spacial score (nSPS) is 17.1. The molecule has 13 heteroatoms. The summed E-state index contributed by atoms with van der Waals surface area (Å²) < 4.78 is 76.3. The zero-order valence-corrected chi connectivity index (χ0v) is 23.0. The van der Waals surface area contributed by atoms with Crippen LogP contribution >= 0.6 is 0 Å². The van der Waals surface area contributed by atoms with E-state index in [0.29, 0.717) is 15.8 Å². The van der Waals surface area contributed by atoms with Crippen LogP contribution in [0.25, 0.3) is 16.9 Å². The standard InChI is InChI=1S/C29H28F5N5O3/c1-16-14-37(24(15-40)19-10-20(30)12-21(31)11-19)8-9-38(16)28(41)23-13-35-39-26(29(32,33)34)17(2)25(36-27(23)39)18-4-6-22(42-3)7-5-18/h4-7,10-13,16,24,40H,8-9,14-15H2,1-3H3/t16-,24-/m1/s1. The number of carbonyl (C=O) groups excluding carboxylic acids is 1. The number of aliphatic hydroxyl groups is 1. The van der Waals surface area contributed by atoms with Crippen LogP contribution in [0.2, 0.25) is 0 Å². The second kappa shape index (κ2) is 11.3. The van der Waals surface area contributed by atoms with E-state index in [1.807, 2.05) is 4.90 Å². The number of methoxy groups -OCH3 is 1. The Labute approximate surface area is 237 Å². The van der Waals surface area contributed by atoms with Crippen molar-refractivity contribution in [2.45, 2.75) is 32.1 Å². The second-order valence-electron chi connectivity index (χ2n) is 10.2. The van der Waals surface area contributed by atoms with Crippen molar-refractivity contribution >= 4 is 11.6 Å². The summed E-state index contributed by atoms with van der Waals surface area (Å²) in [5.74, 6) is -1.57. The van der Waals surface area contributed by atoms with Crippen molar-refractivity contribution in [3.63, 3.8) is 0 Å². The maximum atomic E-state index is 14.3. The molecule has 1 saturated heterocycles. The average molecular weight is 590 g/mol. The number of piperazine rings is 1. The summed E-state index contributed by atoms with van der Waals surface area (Å²) in [5, 5.41) is 13.9. The van der Waals surface area contributed by atoms with Gasteiger partial charge in [0.1, 0.15) is 22.9 Å². The third kappa shape index (κ3) is 5.41. The van der Waals surface area contributed by atoms with Crippen molar-refractivity contribution in [3.8, 4) is 17.0 Å². The molecule has 0 spiro atoms. The first kappa shape index (κ1) is 29.4. The van der Waals surface area contributed by atoms with Crippen molar-refractivity contribution in [1.29, 1.82) is 0 Å². The molecule has 1 amide bonds. The van der Waals surface area contributed by atoms with Crippen molar-refractivity contribution in [2.75, 3.05) is 33.4 Å². The molecule has 8 nitrogen and oxygen atoms in total. The molecule has 0 unspecified atom stereocenters. The largest absolute Gasteiger partial charge is 0.497 e. The third-order valence-corrected chi connectivity index (χ3v) is 7.55. The molecule has 5 rings (SSSR count). The molecule has 0 bridgehead atoms. The summed E-state index contributed by atoms with van der Waals surface area (Å²) in [7, 11) is 1.47. The van der Waals surface area contributed by atoms with Crippen LogP contribution in [0.4, 0.5) is 22.0 Å². The topological polar surface area (TPSA) is 83.2 Å². The zero-order chi connectivity index (χ0) is 30.3. The van der Waals surface area contributed by atoms with Gasteiger partial charge in [0, 0.05) is 42.9 Å². The Kier molecular flexibility index (Phi) is 7.90. The zero-order valence-electron chi connectivity index (χ0n) is 23.0. The summed E-state index contributed by atoms with van der Waals surface area (Å²) in [5.41, 5.74) is -0.792. The van der Waals surface area contributed by atoms with Crippen LogP contribution in [-0.4, -0.2) is 74.8 Å². The Morgan fingerprint density at radius 2 is 1.79 bits per heavy atom. The Hall–Kier alpha value is -4.10. The van der Waals surface area contributed by atoms with Gasteiger partial charge in [0.05, 0.1) is 31.6 Å². The first-order valence-corrected chi connectivity index (χ1v) is 13.1. The Morgan fingerprint density at radius 3 is 2.36 bits per heavy atom. The van der Waals surface area contributed by atoms with Gasteiger partial charge in [0.2, 0.25) is 0 Å². The molecule has 2 atom stereocenters. The molecule has 42 heavy (non-hydrogen) atoms. The molecule has 0 aliphatic carbocycles. The molecule has 0 radical (unpaired) electrons. The summed E-state index contributed by atoms with van der Waals surface area (Å²) in [6, 6.07) is 8.27. The van der Waals surface area contributed by atoms with Crippen LogP contribution in [0.5, 0.6) is 5.75 Å². The molecule has 222 valence electrons. The maximum absolute atomic E-state index is 14.3. The number of halogens is 5. The fourth-order valence-electron chi connectivity index (χ4n) is 5.51. The van der Waals surface area contributed by atoms with Gasteiger partial charge >= 0.3 is 6.18 Å². The predicted octanol–water partition coefficient (Wildman–Crippen LogP) is 4.89. The highest BCUT2D eigenvalue weighted by Crippen LogP contribution is 2.37. The van der Waals surface area contributed by atoms with Crippen LogP contribution in [0.3, 0.4) is 0 Å². The Balaban J connectivity index is 1.48. The lowest BCUT2D eigenvalue weighted by molar-refractivity contribution is -0.143. The fraction of sp³-hybridized carbons (Fsp3) is 0.345. The van der Waals surface area contributed by atoms with E-state index in [-0.39, 0.29) is 47.7 Å². The van der Waals surface area contributed by atoms with E-state index in [1.54, 1.807) is 31.2 Å². The lowest BCUT2D eigenvalue weighted by atomic mass is 10.0. The van der Waals surface area contributed by atoms with E-state index >= 15 is 0 Å². The number of carbonyl (C=O) groups is 1. The van der Waals surface area contributed by atoms with E-state index < -0.39 is 48.1 Å². The maximum Gasteiger partial charge on any atom is 0.433 e. The number of amides is 1. The van der Waals surface area contributed by atoms with Gasteiger partial charge in [-0.2, -0.15) is 18.3 Å². The minimum Gasteiger partial charge on any atom is -0.497 e. The van der Waals surface area contributed by atoms with Crippen LogP contribution in [0, 0.1) is 18.6 Å². The number of hydrogen-bond acceptors (Lipinski definition) is 6. The SMILES string of the molecule is COc1ccc(-c2nc3c(C(=O)N4CCN([C@H](CO)c5cc(F)cc(F)c5)C[C@H]4C)cnn3c(C(F)(F)F)c2C)cc1. The number of ether oxygens (including phenoxy) is 1. The molecule has 4 aromatic rings. The molecule has 1 N–H and O–H groups in total. The highest BCUT2D eigenvalue weighted by atomic mass is 19.4. The number of rotatable bonds is 6. The number of nitrogens with zero attached hydrogens (tertiary/aromatic N) is 5. The number of aliphatic hydroxyl groups excluding tert-OH is 1. The van der Waals surface area contributed by atoms with Gasteiger partial charge in [-0.05, 0) is 55.8 Å². The molecule has 3 heterocycles. The van der Waals surface area contributed by atoms with Gasteiger partial charge in [0.15, 0.2) is 11.3 Å². The summed E-state index contributed by atoms with van der Waals surface area (Å²) in [6.07, 6.45) is -3.70. The van der Waals surface area contributed by atoms with Crippen LogP contribution in [0.15, 0.2) is 48.7 Å². The van der Waals surface area contributed by atoms with Gasteiger partial charge in [0.25, 0.3) is 5.91 Å². The number of benzene rings is 2.